The molecule has 6 aromatic carbocycles. The summed E-state index contributed by atoms with van der Waals surface area (Å²) < 4.78 is 0. The first-order valence-electron chi connectivity index (χ1n) is 13.3. The number of carbonyl (C=O) groups excluding carboxylic acids is 1. The van der Waals surface area contributed by atoms with E-state index in [0.29, 0.717) is 0 Å². The normalized spacial score (nSPS) is 10.6. The van der Waals surface area contributed by atoms with Gasteiger partial charge in [0.2, 0.25) is 0 Å². The van der Waals surface area contributed by atoms with E-state index in [-0.39, 0.29) is 39.9 Å². The maximum Gasteiger partial charge on any atom is 2.00 e. The largest absolute Gasteiger partial charge is 2.00 e. The minimum Gasteiger partial charge on any atom is -0.289 e. The number of aryl methyl sites for hydroxylation is 4. The van der Waals surface area contributed by atoms with Gasteiger partial charge in [0, 0.05) is 11.1 Å². The Morgan fingerprint density at radius 2 is 0.875 bits per heavy atom. The number of hydrogen-bond acceptors (Lipinski definition) is 1. The van der Waals surface area contributed by atoms with E-state index in [1.807, 2.05) is 60.7 Å². The van der Waals surface area contributed by atoms with Crippen LogP contribution < -0.4 is 0 Å². The van der Waals surface area contributed by atoms with E-state index in [9.17, 15) is 4.79 Å². The Labute approximate surface area is 259 Å². The van der Waals surface area contributed by atoms with Gasteiger partial charge in [-0.2, -0.15) is 71.8 Å². The third kappa shape index (κ3) is 8.28. The topological polar surface area (TPSA) is 17.1 Å². The van der Waals surface area contributed by atoms with Crippen molar-refractivity contribution in [2.75, 3.05) is 0 Å². The van der Waals surface area contributed by atoms with Gasteiger partial charge in [0.1, 0.15) is 0 Å². The molecule has 1 aliphatic rings. The van der Waals surface area contributed by atoms with Crippen LogP contribution in [0.1, 0.15) is 38.2 Å². The van der Waals surface area contributed by atoms with Crippen molar-refractivity contribution in [3.8, 4) is 11.1 Å². The zero-order valence-electron chi connectivity index (χ0n) is 22.3. The van der Waals surface area contributed by atoms with Gasteiger partial charge in [-0.15, -0.1) is 0 Å². The average Bonchev–Trinajstić information content (AvgIpc) is 3.80. The predicted molar refractivity (Wildman–Crippen MR) is 158 cm³/mol. The van der Waals surface area contributed by atoms with E-state index in [4.69, 9.17) is 0 Å². The quantitative estimate of drug-likeness (QED) is 0.137. The third-order valence-electron chi connectivity index (χ3n) is 6.93. The van der Waals surface area contributed by atoms with Crippen molar-refractivity contribution < 1.29 is 38.9 Å². The molecule has 3 heteroatoms. The molecule has 0 N–H and O–H groups in total. The van der Waals surface area contributed by atoms with Gasteiger partial charge in [-0.3, -0.25) is 4.79 Å². The van der Waals surface area contributed by atoms with E-state index in [1.54, 1.807) is 0 Å². The van der Waals surface area contributed by atoms with E-state index in [1.165, 1.54) is 22.3 Å². The van der Waals surface area contributed by atoms with Gasteiger partial charge in [0.25, 0.3) is 0 Å². The molecule has 0 saturated carbocycles. The molecule has 0 spiro atoms. The van der Waals surface area contributed by atoms with Gasteiger partial charge in [0.15, 0.2) is 5.78 Å². The van der Waals surface area contributed by atoms with Crippen LogP contribution in [0.3, 0.4) is 0 Å². The summed E-state index contributed by atoms with van der Waals surface area (Å²) in [5.74, 6) is 0.176. The van der Waals surface area contributed by atoms with Crippen molar-refractivity contribution in [1.82, 2.24) is 0 Å². The number of fused-ring (bicyclic) bond motifs is 3. The van der Waals surface area contributed by atoms with Crippen LogP contribution in [0.15, 0.2) is 146 Å². The minimum atomic E-state index is 0. The summed E-state index contributed by atoms with van der Waals surface area (Å²) in [5, 5.41) is 0. The number of ketones is 1. The number of rotatable bonds is 6. The summed E-state index contributed by atoms with van der Waals surface area (Å²) in [6, 6.07) is 49.7. The molecule has 7 rings (SSSR count). The van der Waals surface area contributed by atoms with Gasteiger partial charge >= 0.3 is 34.1 Å². The third-order valence-corrected chi connectivity index (χ3v) is 6.93. The first-order chi connectivity index (χ1) is 18.8. The van der Waals surface area contributed by atoms with Crippen LogP contribution in [-0.2, 0) is 59.8 Å². The summed E-state index contributed by atoms with van der Waals surface area (Å²) >= 11 is 0. The molecule has 0 aromatic heterocycles. The second-order valence-electron chi connectivity index (χ2n) is 9.60. The Bertz CT molecular complexity index is 1350. The second-order valence-corrected chi connectivity index (χ2v) is 9.60. The molecule has 0 unspecified atom stereocenters. The fraction of sp³-hybridized carbons (Fsp3) is 0.108. The predicted octanol–water partition coefficient (Wildman–Crippen LogP) is 8.71. The summed E-state index contributed by atoms with van der Waals surface area (Å²) in [5.41, 5.74) is 9.06. The molecule has 0 amide bonds. The molecule has 6 aromatic rings. The Morgan fingerprint density at radius 1 is 0.450 bits per heavy atom. The van der Waals surface area contributed by atoms with Crippen LogP contribution in [0.4, 0.5) is 0 Å². The number of carbonyl (C=O) groups is 1. The molecule has 0 saturated heterocycles. The fourth-order valence-electron chi connectivity index (χ4n) is 4.86. The van der Waals surface area contributed by atoms with Crippen molar-refractivity contribution in [3.63, 3.8) is 0 Å². The van der Waals surface area contributed by atoms with Crippen molar-refractivity contribution in [2.24, 2.45) is 0 Å². The van der Waals surface area contributed by atoms with Gasteiger partial charge in [0.05, 0.1) is 0 Å². The molecule has 1 aliphatic carbocycles. The number of hydrogen-bond donors (Lipinski definition) is 0. The van der Waals surface area contributed by atoms with Crippen molar-refractivity contribution >= 4 is 5.78 Å². The molecule has 202 valence electrons. The second kappa shape index (κ2) is 16.0. The van der Waals surface area contributed by atoms with Gasteiger partial charge in [-0.1, -0.05) is 24.3 Å². The molecule has 40 heavy (non-hydrogen) atoms. The summed E-state index contributed by atoms with van der Waals surface area (Å²) in [6.45, 7) is 0. The molecule has 0 fully saturated rings. The van der Waals surface area contributed by atoms with E-state index < -0.39 is 0 Å². The molecule has 0 heterocycles. The smallest absolute Gasteiger partial charge is 0.289 e. The van der Waals surface area contributed by atoms with Crippen molar-refractivity contribution in [3.05, 3.63) is 179 Å². The monoisotopic (exact) mass is 604 g/mol. The standard InChI is InChI=1S/C27H22O.2C5H5.2Fe/c28-27-25-17-21(11-9-19-5-1-2-6-19)13-15-23(25)24-16-14-22(18-26(24)27)12-10-20-7-3-4-8-20;2*1-2-4-5-3-1;;/h1-8,13-18H,9-12H2;2*1-5H;;/q-2;2*-1;2*+2. The molecule has 0 radical (unpaired) electrons. The summed E-state index contributed by atoms with van der Waals surface area (Å²) in [7, 11) is 0. The zero-order valence-corrected chi connectivity index (χ0v) is 24.5. The van der Waals surface area contributed by atoms with Crippen LogP contribution in [0.2, 0.25) is 0 Å². The maximum atomic E-state index is 13.1. The van der Waals surface area contributed by atoms with E-state index in [2.05, 4.69) is 84.9 Å². The van der Waals surface area contributed by atoms with Crippen LogP contribution in [0.5, 0.6) is 0 Å². The molecule has 0 atom stereocenters. The first-order valence-corrected chi connectivity index (χ1v) is 13.3. The first kappa shape index (κ1) is 31.1. The van der Waals surface area contributed by atoms with Crippen LogP contribution >= 0.6 is 0 Å². The van der Waals surface area contributed by atoms with Crippen molar-refractivity contribution in [1.29, 1.82) is 0 Å². The SMILES string of the molecule is O=C1c2cc(CCc3ccc[cH-]3)ccc2-c2ccc(CCc3ccc[cH-]3)cc21.[Fe+2].[Fe+2].c1cc[cH-]c1.c1cc[cH-]c1. The Kier molecular flexibility index (Phi) is 12.4. The van der Waals surface area contributed by atoms with Gasteiger partial charge in [-0.25, -0.2) is 48.5 Å². The fourth-order valence-corrected chi connectivity index (χ4v) is 4.86. The van der Waals surface area contributed by atoms with Crippen LogP contribution in [0, 0.1) is 0 Å². The summed E-state index contributed by atoms with van der Waals surface area (Å²) in [4.78, 5) is 13.1. The van der Waals surface area contributed by atoms with Gasteiger partial charge < -0.3 is 0 Å². The van der Waals surface area contributed by atoms with Crippen LogP contribution in [0.25, 0.3) is 11.1 Å². The Hall–Kier alpha value is -3.45. The average molecular weight is 604 g/mol. The summed E-state index contributed by atoms with van der Waals surface area (Å²) in [6.07, 6.45) is 3.95. The Morgan fingerprint density at radius 3 is 1.20 bits per heavy atom. The molecular weight excluding hydrogens is 572 g/mol. The zero-order chi connectivity index (χ0) is 26.0. The number of benzene rings is 2. The maximum absolute atomic E-state index is 13.1. The molecular formula is C37H32Fe2O. The minimum absolute atomic E-state index is 0. The molecule has 0 bridgehead atoms. The van der Waals surface area contributed by atoms with Crippen molar-refractivity contribution in [2.45, 2.75) is 25.7 Å². The molecule has 1 nitrogen and oxygen atoms in total. The van der Waals surface area contributed by atoms with E-state index in [0.717, 1.165) is 47.9 Å². The van der Waals surface area contributed by atoms with Gasteiger partial charge in [-0.05, 0) is 60.1 Å². The molecule has 0 aliphatic heterocycles. The Balaban J connectivity index is 0.000000310. The van der Waals surface area contributed by atoms with Crippen LogP contribution in [-0.4, -0.2) is 5.78 Å². The van der Waals surface area contributed by atoms with E-state index >= 15 is 0 Å².